The number of carbonyl (C=O) groups excluding carboxylic acids is 1. The summed E-state index contributed by atoms with van der Waals surface area (Å²) < 4.78 is 0. The number of hydrogen-bond acceptors (Lipinski definition) is 3. The summed E-state index contributed by atoms with van der Waals surface area (Å²) in [5.74, 6) is -0.282. The van der Waals surface area contributed by atoms with Crippen molar-refractivity contribution < 1.29 is 4.79 Å². The molecule has 0 aliphatic heterocycles. The highest BCUT2D eigenvalue weighted by atomic mass is 16.1. The summed E-state index contributed by atoms with van der Waals surface area (Å²) >= 11 is 0. The van der Waals surface area contributed by atoms with Crippen molar-refractivity contribution in [2.24, 2.45) is 5.73 Å². The van der Waals surface area contributed by atoms with Crippen LogP contribution in [0.2, 0.25) is 0 Å². The summed E-state index contributed by atoms with van der Waals surface area (Å²) in [5, 5.41) is 0. The lowest BCUT2D eigenvalue weighted by atomic mass is 10.1. The Morgan fingerprint density at radius 2 is 1.94 bits per heavy atom. The molecule has 4 heteroatoms. The molecular weight excluding hydrogens is 202 g/mol. The van der Waals surface area contributed by atoms with E-state index >= 15 is 0 Å². The predicted octanol–water partition coefficient (Wildman–Crippen LogP) is 0.619. The zero-order valence-electron chi connectivity index (χ0n) is 9.65. The molecule has 0 saturated carbocycles. The van der Waals surface area contributed by atoms with Gasteiger partial charge in [0.15, 0.2) is 0 Å². The maximum absolute atomic E-state index is 10.6. The molecule has 0 fully saturated rings. The number of nitrogens with two attached hydrogens (primary N) is 2. The van der Waals surface area contributed by atoms with E-state index < -0.39 is 0 Å². The highest BCUT2D eigenvalue weighted by molar-refractivity contribution is 5.75. The first-order valence-electron chi connectivity index (χ1n) is 5.39. The van der Waals surface area contributed by atoms with Crippen LogP contribution in [0.1, 0.15) is 12.0 Å². The summed E-state index contributed by atoms with van der Waals surface area (Å²) in [7, 11) is 1.90. The summed E-state index contributed by atoms with van der Waals surface area (Å²) in [6.45, 7) is 1.19. The Morgan fingerprint density at radius 1 is 1.31 bits per heavy atom. The molecule has 0 aliphatic carbocycles. The van der Waals surface area contributed by atoms with E-state index in [0.29, 0.717) is 6.54 Å². The third kappa shape index (κ3) is 4.79. The molecule has 0 aliphatic rings. The van der Waals surface area contributed by atoms with Crippen LogP contribution in [0.3, 0.4) is 0 Å². The van der Waals surface area contributed by atoms with Gasteiger partial charge in [0.1, 0.15) is 0 Å². The molecule has 0 unspecified atom stereocenters. The lowest BCUT2D eigenvalue weighted by molar-refractivity contribution is -0.118. The number of carbonyl (C=O) groups is 1. The molecular formula is C12H19N3O. The van der Waals surface area contributed by atoms with Crippen molar-refractivity contribution in [3.05, 3.63) is 29.8 Å². The maximum Gasteiger partial charge on any atom is 0.231 e. The second kappa shape index (κ2) is 6.12. The number of aryl methyl sites for hydroxylation is 1. The van der Waals surface area contributed by atoms with Gasteiger partial charge >= 0.3 is 0 Å². The Bertz CT molecular complexity index is 335. The topological polar surface area (TPSA) is 72.3 Å². The van der Waals surface area contributed by atoms with Gasteiger partial charge in [0, 0.05) is 5.69 Å². The average molecular weight is 221 g/mol. The molecule has 4 nitrogen and oxygen atoms in total. The third-order valence-corrected chi connectivity index (χ3v) is 2.41. The minimum atomic E-state index is -0.282. The zero-order valence-corrected chi connectivity index (χ0v) is 9.65. The van der Waals surface area contributed by atoms with Crippen molar-refractivity contribution in [1.29, 1.82) is 0 Å². The number of nitrogen functional groups attached to an aromatic ring is 1. The maximum atomic E-state index is 10.6. The van der Waals surface area contributed by atoms with Crippen molar-refractivity contribution >= 4 is 11.6 Å². The Kier molecular flexibility index (Phi) is 4.79. The van der Waals surface area contributed by atoms with E-state index in [1.54, 1.807) is 0 Å². The second-order valence-electron chi connectivity index (χ2n) is 4.05. The molecule has 0 saturated heterocycles. The van der Waals surface area contributed by atoms with Gasteiger partial charge in [-0.3, -0.25) is 9.69 Å². The van der Waals surface area contributed by atoms with E-state index in [0.717, 1.165) is 25.1 Å². The van der Waals surface area contributed by atoms with E-state index in [9.17, 15) is 4.79 Å². The Morgan fingerprint density at radius 3 is 2.50 bits per heavy atom. The fourth-order valence-electron chi connectivity index (χ4n) is 1.58. The molecule has 1 aromatic carbocycles. The fraction of sp³-hybridized carbons (Fsp3) is 0.417. The van der Waals surface area contributed by atoms with E-state index in [2.05, 4.69) is 0 Å². The SMILES string of the molecule is CN(CCCc1ccc(N)cc1)CC(N)=O. The number of nitrogens with zero attached hydrogens (tertiary/aromatic N) is 1. The highest BCUT2D eigenvalue weighted by Gasteiger charge is 2.02. The van der Waals surface area contributed by atoms with Gasteiger partial charge in [0.25, 0.3) is 0 Å². The van der Waals surface area contributed by atoms with E-state index in [1.165, 1.54) is 5.56 Å². The third-order valence-electron chi connectivity index (χ3n) is 2.41. The number of hydrogen-bond donors (Lipinski definition) is 2. The van der Waals surface area contributed by atoms with Crippen LogP contribution < -0.4 is 11.5 Å². The van der Waals surface area contributed by atoms with E-state index in [4.69, 9.17) is 11.5 Å². The normalized spacial score (nSPS) is 10.6. The van der Waals surface area contributed by atoms with E-state index in [1.807, 2.05) is 36.2 Å². The summed E-state index contributed by atoms with van der Waals surface area (Å²) in [5.41, 5.74) is 12.7. The van der Waals surface area contributed by atoms with Crippen LogP contribution in [-0.4, -0.2) is 30.9 Å². The number of likely N-dealkylation sites (N-methyl/N-ethyl adjacent to an activating group) is 1. The van der Waals surface area contributed by atoms with Crippen LogP contribution in [0.5, 0.6) is 0 Å². The number of rotatable bonds is 6. The Balaban J connectivity index is 2.25. The minimum absolute atomic E-state index is 0.282. The number of amides is 1. The van der Waals surface area contributed by atoms with Crippen LogP contribution in [0.4, 0.5) is 5.69 Å². The number of benzene rings is 1. The molecule has 0 heterocycles. The number of primary amides is 1. The zero-order chi connectivity index (χ0) is 12.0. The van der Waals surface area contributed by atoms with Crippen molar-refractivity contribution in [2.45, 2.75) is 12.8 Å². The van der Waals surface area contributed by atoms with Gasteiger partial charge < -0.3 is 11.5 Å². The first-order valence-corrected chi connectivity index (χ1v) is 5.39. The first kappa shape index (κ1) is 12.5. The monoisotopic (exact) mass is 221 g/mol. The minimum Gasteiger partial charge on any atom is -0.399 e. The summed E-state index contributed by atoms with van der Waals surface area (Å²) in [4.78, 5) is 12.6. The van der Waals surface area contributed by atoms with Crippen LogP contribution >= 0.6 is 0 Å². The van der Waals surface area contributed by atoms with Crippen LogP contribution in [0.15, 0.2) is 24.3 Å². The quantitative estimate of drug-likeness (QED) is 0.692. The summed E-state index contributed by atoms with van der Waals surface area (Å²) in [6.07, 6.45) is 2.00. The largest absolute Gasteiger partial charge is 0.399 e. The molecule has 88 valence electrons. The molecule has 16 heavy (non-hydrogen) atoms. The molecule has 0 spiro atoms. The molecule has 0 radical (unpaired) electrons. The van der Waals surface area contributed by atoms with Gasteiger partial charge in [-0.05, 0) is 44.1 Å². The van der Waals surface area contributed by atoms with Crippen molar-refractivity contribution in [3.63, 3.8) is 0 Å². The van der Waals surface area contributed by atoms with Crippen molar-refractivity contribution in [2.75, 3.05) is 25.9 Å². The van der Waals surface area contributed by atoms with Crippen LogP contribution in [0, 0.1) is 0 Å². The molecule has 1 rings (SSSR count). The molecule has 1 amide bonds. The van der Waals surface area contributed by atoms with Gasteiger partial charge in [-0.2, -0.15) is 0 Å². The van der Waals surface area contributed by atoms with Gasteiger partial charge in [0.2, 0.25) is 5.91 Å². The predicted molar refractivity (Wildman–Crippen MR) is 65.9 cm³/mol. The molecule has 1 aromatic rings. The first-order chi connectivity index (χ1) is 7.58. The van der Waals surface area contributed by atoms with Gasteiger partial charge in [0.05, 0.1) is 6.54 Å². The van der Waals surface area contributed by atoms with Crippen LogP contribution in [-0.2, 0) is 11.2 Å². The highest BCUT2D eigenvalue weighted by Crippen LogP contribution is 2.07. The molecule has 0 atom stereocenters. The molecule has 0 bridgehead atoms. The average Bonchev–Trinajstić information content (AvgIpc) is 2.20. The number of anilines is 1. The van der Waals surface area contributed by atoms with Crippen molar-refractivity contribution in [1.82, 2.24) is 4.90 Å². The fourth-order valence-corrected chi connectivity index (χ4v) is 1.58. The standard InChI is InChI=1S/C12H19N3O/c1-15(9-12(14)16)8-2-3-10-4-6-11(13)7-5-10/h4-7H,2-3,8-9,13H2,1H3,(H2,14,16). The van der Waals surface area contributed by atoms with Gasteiger partial charge in [-0.1, -0.05) is 12.1 Å². The Labute approximate surface area is 96.2 Å². The Hall–Kier alpha value is -1.55. The molecule has 4 N–H and O–H groups in total. The summed E-state index contributed by atoms with van der Waals surface area (Å²) in [6, 6.07) is 7.87. The van der Waals surface area contributed by atoms with Crippen LogP contribution in [0.25, 0.3) is 0 Å². The van der Waals surface area contributed by atoms with E-state index in [-0.39, 0.29) is 5.91 Å². The lowest BCUT2D eigenvalue weighted by Crippen LogP contribution is -2.31. The van der Waals surface area contributed by atoms with Gasteiger partial charge in [-0.15, -0.1) is 0 Å². The second-order valence-corrected chi connectivity index (χ2v) is 4.05. The lowest BCUT2D eigenvalue weighted by Gasteiger charge is -2.13. The van der Waals surface area contributed by atoms with Crippen molar-refractivity contribution in [3.8, 4) is 0 Å². The smallest absolute Gasteiger partial charge is 0.231 e. The van der Waals surface area contributed by atoms with Gasteiger partial charge in [-0.25, -0.2) is 0 Å². The molecule has 0 aromatic heterocycles.